The third kappa shape index (κ3) is 5.49. The number of halogens is 1. The standard InChI is InChI=1S/C19H22FN3OS/c20-17-5-7-18(8-6-17)22-19(25)21-13-15-3-1-2-4-16(15)14-23-9-11-24-12-10-23/h1-8H,9-14H2,(H2,21,22,25)/p+1. The molecule has 25 heavy (non-hydrogen) atoms. The molecule has 1 fully saturated rings. The van der Waals surface area contributed by atoms with E-state index in [9.17, 15) is 4.39 Å². The third-order valence-corrected chi connectivity index (χ3v) is 4.55. The number of anilines is 1. The topological polar surface area (TPSA) is 37.7 Å². The van der Waals surface area contributed by atoms with Gasteiger partial charge in [0.15, 0.2) is 5.11 Å². The number of ether oxygens (including phenoxy) is 1. The highest BCUT2D eigenvalue weighted by molar-refractivity contribution is 7.80. The monoisotopic (exact) mass is 360 g/mol. The number of rotatable bonds is 5. The number of nitrogens with one attached hydrogen (secondary N) is 3. The SMILES string of the molecule is Fc1ccc(NC(=S)NCc2ccccc2C[NH+]2CCOCC2)cc1. The molecule has 1 heterocycles. The van der Waals surface area contributed by atoms with Crippen LogP contribution in [0.15, 0.2) is 48.5 Å². The van der Waals surface area contributed by atoms with Crippen LogP contribution in [0.2, 0.25) is 0 Å². The molecule has 3 rings (SSSR count). The molecule has 1 saturated heterocycles. The number of hydrogen-bond donors (Lipinski definition) is 3. The van der Waals surface area contributed by atoms with Crippen molar-refractivity contribution < 1.29 is 14.0 Å². The van der Waals surface area contributed by atoms with E-state index in [1.165, 1.54) is 23.3 Å². The van der Waals surface area contributed by atoms with Gasteiger partial charge in [-0.05, 0) is 42.0 Å². The van der Waals surface area contributed by atoms with E-state index >= 15 is 0 Å². The minimum Gasteiger partial charge on any atom is -0.370 e. The Morgan fingerprint density at radius 2 is 1.72 bits per heavy atom. The molecular weight excluding hydrogens is 337 g/mol. The first-order chi connectivity index (χ1) is 12.2. The summed E-state index contributed by atoms with van der Waals surface area (Å²) >= 11 is 5.33. The first kappa shape index (κ1) is 17.8. The molecule has 0 unspecified atom stereocenters. The number of morpholine rings is 1. The molecule has 2 aromatic carbocycles. The summed E-state index contributed by atoms with van der Waals surface area (Å²) in [5.41, 5.74) is 3.34. The van der Waals surface area contributed by atoms with Crippen molar-refractivity contribution in [2.45, 2.75) is 13.1 Å². The Bertz CT molecular complexity index is 702. The fraction of sp³-hybridized carbons (Fsp3) is 0.316. The summed E-state index contributed by atoms with van der Waals surface area (Å²) in [7, 11) is 0. The Hall–Kier alpha value is -2.02. The lowest BCUT2D eigenvalue weighted by atomic mass is 10.1. The van der Waals surface area contributed by atoms with Crippen LogP contribution in [0.1, 0.15) is 11.1 Å². The Morgan fingerprint density at radius 1 is 1.04 bits per heavy atom. The van der Waals surface area contributed by atoms with E-state index in [1.807, 2.05) is 6.07 Å². The Balaban J connectivity index is 1.55. The van der Waals surface area contributed by atoms with E-state index in [2.05, 4.69) is 28.8 Å². The largest absolute Gasteiger partial charge is 0.370 e. The molecule has 132 valence electrons. The lowest BCUT2D eigenvalue weighted by Crippen LogP contribution is -3.12. The summed E-state index contributed by atoms with van der Waals surface area (Å²) < 4.78 is 18.4. The van der Waals surface area contributed by atoms with Gasteiger partial charge in [0.25, 0.3) is 0 Å². The molecule has 0 aliphatic carbocycles. The predicted octanol–water partition coefficient (Wildman–Crippen LogP) is 1.73. The molecule has 0 amide bonds. The maximum Gasteiger partial charge on any atom is 0.171 e. The smallest absolute Gasteiger partial charge is 0.171 e. The molecule has 0 bridgehead atoms. The van der Waals surface area contributed by atoms with Gasteiger partial charge in [0.05, 0.1) is 13.2 Å². The highest BCUT2D eigenvalue weighted by Gasteiger charge is 2.15. The van der Waals surface area contributed by atoms with Crippen molar-refractivity contribution in [3.8, 4) is 0 Å². The summed E-state index contributed by atoms with van der Waals surface area (Å²) in [5.74, 6) is -0.260. The van der Waals surface area contributed by atoms with Gasteiger partial charge in [0.2, 0.25) is 0 Å². The molecule has 0 aromatic heterocycles. The average Bonchev–Trinajstić information content (AvgIpc) is 2.64. The van der Waals surface area contributed by atoms with Crippen LogP contribution in [0.25, 0.3) is 0 Å². The number of thiocarbonyl (C=S) groups is 1. The lowest BCUT2D eigenvalue weighted by Gasteiger charge is -2.24. The molecule has 6 heteroatoms. The first-order valence-electron chi connectivity index (χ1n) is 8.49. The van der Waals surface area contributed by atoms with E-state index in [1.54, 1.807) is 17.0 Å². The summed E-state index contributed by atoms with van der Waals surface area (Å²) in [4.78, 5) is 1.55. The molecule has 0 atom stereocenters. The zero-order valence-corrected chi connectivity index (χ0v) is 14.9. The number of quaternary nitrogens is 1. The lowest BCUT2D eigenvalue weighted by molar-refractivity contribution is -0.921. The van der Waals surface area contributed by atoms with Crippen LogP contribution in [0.5, 0.6) is 0 Å². The van der Waals surface area contributed by atoms with Crippen LogP contribution in [0.3, 0.4) is 0 Å². The first-order valence-corrected chi connectivity index (χ1v) is 8.90. The van der Waals surface area contributed by atoms with Gasteiger partial charge < -0.3 is 20.3 Å². The van der Waals surface area contributed by atoms with Crippen molar-refractivity contribution >= 4 is 23.0 Å². The minimum atomic E-state index is -0.260. The van der Waals surface area contributed by atoms with Crippen LogP contribution < -0.4 is 15.5 Å². The van der Waals surface area contributed by atoms with E-state index < -0.39 is 0 Å². The average molecular weight is 360 g/mol. The van der Waals surface area contributed by atoms with Gasteiger partial charge in [-0.1, -0.05) is 24.3 Å². The Kier molecular flexibility index (Phi) is 6.33. The summed E-state index contributed by atoms with van der Waals surface area (Å²) in [6.07, 6.45) is 0. The van der Waals surface area contributed by atoms with Crippen molar-refractivity contribution in [2.24, 2.45) is 0 Å². The van der Waals surface area contributed by atoms with Crippen molar-refractivity contribution in [3.05, 3.63) is 65.5 Å². The van der Waals surface area contributed by atoms with Crippen LogP contribution >= 0.6 is 12.2 Å². The summed E-state index contributed by atoms with van der Waals surface area (Å²) in [6, 6.07) is 14.6. The zero-order chi connectivity index (χ0) is 17.5. The van der Waals surface area contributed by atoms with E-state index in [-0.39, 0.29) is 5.82 Å². The van der Waals surface area contributed by atoms with Gasteiger partial charge in [-0.15, -0.1) is 0 Å². The molecule has 4 nitrogen and oxygen atoms in total. The van der Waals surface area contributed by atoms with Gasteiger partial charge in [0, 0.05) is 17.8 Å². The number of benzene rings is 2. The molecule has 1 aliphatic heterocycles. The van der Waals surface area contributed by atoms with Crippen molar-refractivity contribution in [2.75, 3.05) is 31.6 Å². The van der Waals surface area contributed by atoms with Crippen molar-refractivity contribution in [3.63, 3.8) is 0 Å². The van der Waals surface area contributed by atoms with Crippen molar-refractivity contribution in [1.29, 1.82) is 0 Å². The fourth-order valence-electron chi connectivity index (χ4n) is 2.89. The molecule has 2 aromatic rings. The molecule has 3 N–H and O–H groups in total. The highest BCUT2D eigenvalue weighted by atomic mass is 32.1. The van der Waals surface area contributed by atoms with Gasteiger partial charge in [-0.3, -0.25) is 0 Å². The van der Waals surface area contributed by atoms with E-state index in [0.29, 0.717) is 11.7 Å². The maximum atomic E-state index is 12.9. The second-order valence-electron chi connectivity index (χ2n) is 6.12. The zero-order valence-electron chi connectivity index (χ0n) is 14.1. The summed E-state index contributed by atoms with van der Waals surface area (Å²) in [5, 5.41) is 6.83. The van der Waals surface area contributed by atoms with Crippen LogP contribution in [0.4, 0.5) is 10.1 Å². The molecule has 0 saturated carbocycles. The van der Waals surface area contributed by atoms with E-state index in [0.717, 1.165) is 38.5 Å². The third-order valence-electron chi connectivity index (χ3n) is 4.30. The van der Waals surface area contributed by atoms with Gasteiger partial charge >= 0.3 is 0 Å². The highest BCUT2D eigenvalue weighted by Crippen LogP contribution is 2.10. The second kappa shape index (κ2) is 8.89. The fourth-order valence-corrected chi connectivity index (χ4v) is 3.08. The van der Waals surface area contributed by atoms with Crippen molar-refractivity contribution in [1.82, 2.24) is 5.32 Å². The minimum absolute atomic E-state index is 0.260. The number of hydrogen-bond acceptors (Lipinski definition) is 2. The van der Waals surface area contributed by atoms with Gasteiger partial charge in [-0.2, -0.15) is 0 Å². The van der Waals surface area contributed by atoms with Crippen LogP contribution in [-0.2, 0) is 17.8 Å². The Labute approximate surface area is 153 Å². The second-order valence-corrected chi connectivity index (χ2v) is 6.53. The van der Waals surface area contributed by atoms with Crippen LogP contribution in [-0.4, -0.2) is 31.4 Å². The molecular formula is C19H23FN3OS+. The molecule has 0 spiro atoms. The normalized spacial score (nSPS) is 14.9. The van der Waals surface area contributed by atoms with Crippen LogP contribution in [0, 0.1) is 5.82 Å². The Morgan fingerprint density at radius 3 is 2.44 bits per heavy atom. The molecule has 0 radical (unpaired) electrons. The van der Waals surface area contributed by atoms with Gasteiger partial charge in [0.1, 0.15) is 25.5 Å². The molecule has 1 aliphatic rings. The maximum absolute atomic E-state index is 12.9. The quantitative estimate of drug-likeness (QED) is 0.710. The van der Waals surface area contributed by atoms with E-state index in [4.69, 9.17) is 17.0 Å². The summed E-state index contributed by atoms with van der Waals surface area (Å²) in [6.45, 7) is 5.42. The van der Waals surface area contributed by atoms with Gasteiger partial charge in [-0.25, -0.2) is 4.39 Å². The predicted molar refractivity (Wildman–Crippen MR) is 101 cm³/mol.